The number of aromatic amines is 1. The lowest BCUT2D eigenvalue weighted by molar-refractivity contribution is -0.188. The van der Waals surface area contributed by atoms with Crippen molar-refractivity contribution in [1.82, 2.24) is 15.5 Å². The fourth-order valence-corrected chi connectivity index (χ4v) is 4.40. The summed E-state index contributed by atoms with van der Waals surface area (Å²) in [4.78, 5) is 12.4. The molecule has 0 bridgehead atoms. The number of carbonyl (C=O) groups is 1. The number of ether oxygens (including phenoxy) is 3. The van der Waals surface area contributed by atoms with Gasteiger partial charge in [-0.1, -0.05) is 25.3 Å². The van der Waals surface area contributed by atoms with Crippen molar-refractivity contribution in [3.8, 4) is 22.6 Å². The molecule has 0 aliphatic heterocycles. The van der Waals surface area contributed by atoms with E-state index >= 15 is 0 Å². The van der Waals surface area contributed by atoms with Crippen LogP contribution in [-0.2, 0) is 4.74 Å². The minimum absolute atomic E-state index is 0.0304. The second-order valence-electron chi connectivity index (χ2n) is 9.08. The van der Waals surface area contributed by atoms with Crippen LogP contribution in [0.3, 0.4) is 0 Å². The Morgan fingerprint density at radius 1 is 1.14 bits per heavy atom. The average Bonchev–Trinajstić information content (AvgIpc) is 3.26. The number of benzene rings is 2. The van der Waals surface area contributed by atoms with Gasteiger partial charge >= 0.3 is 6.18 Å². The third-order valence-electron chi connectivity index (χ3n) is 6.45. The molecule has 200 valence electrons. The van der Waals surface area contributed by atoms with Crippen molar-refractivity contribution in [2.24, 2.45) is 0 Å². The van der Waals surface area contributed by atoms with Crippen LogP contribution in [0.1, 0.15) is 49.4 Å². The first kappa shape index (κ1) is 26.6. The van der Waals surface area contributed by atoms with Crippen LogP contribution < -0.4 is 20.5 Å². The maximum atomic E-state index is 13.2. The van der Waals surface area contributed by atoms with Gasteiger partial charge in [0, 0.05) is 7.05 Å². The number of carbonyl (C=O) groups excluding carboxylic acids is 1. The monoisotopic (exact) mass is 520 g/mol. The molecule has 1 amide bonds. The second-order valence-corrected chi connectivity index (χ2v) is 9.08. The molecular formula is C26H31F3N4O4. The van der Waals surface area contributed by atoms with Gasteiger partial charge in [0.15, 0.2) is 11.9 Å². The number of anilines is 1. The highest BCUT2D eigenvalue weighted by Gasteiger charge is 2.38. The number of nitrogens with zero attached hydrogens (tertiary/aromatic N) is 1. The van der Waals surface area contributed by atoms with Crippen LogP contribution in [0.4, 0.5) is 19.0 Å². The molecule has 0 radical (unpaired) electrons. The number of amides is 1. The second kappa shape index (κ2) is 11.3. The molecule has 1 aliphatic carbocycles. The summed E-state index contributed by atoms with van der Waals surface area (Å²) in [6, 6.07) is 8.14. The molecule has 4 N–H and O–H groups in total. The van der Waals surface area contributed by atoms with Crippen molar-refractivity contribution in [1.29, 1.82) is 0 Å². The summed E-state index contributed by atoms with van der Waals surface area (Å²) in [6.07, 6.45) is -0.753. The molecule has 11 heteroatoms. The minimum Gasteiger partial charge on any atom is -0.490 e. The molecule has 2 aromatic carbocycles. The molecule has 1 saturated carbocycles. The molecule has 4 rings (SSSR count). The number of halogens is 3. The van der Waals surface area contributed by atoms with E-state index in [1.54, 1.807) is 24.3 Å². The quantitative estimate of drug-likeness (QED) is 0.333. The van der Waals surface area contributed by atoms with Crippen LogP contribution in [0.2, 0.25) is 0 Å². The maximum absolute atomic E-state index is 13.2. The zero-order valence-corrected chi connectivity index (χ0v) is 20.8. The van der Waals surface area contributed by atoms with E-state index in [-0.39, 0.29) is 35.6 Å². The first-order valence-corrected chi connectivity index (χ1v) is 12.3. The minimum atomic E-state index is -4.56. The van der Waals surface area contributed by atoms with Crippen molar-refractivity contribution in [2.45, 2.75) is 57.4 Å². The van der Waals surface area contributed by atoms with E-state index in [1.807, 2.05) is 0 Å². The molecule has 1 aliphatic rings. The third-order valence-corrected chi connectivity index (χ3v) is 6.45. The topological polar surface area (TPSA) is 111 Å². The summed E-state index contributed by atoms with van der Waals surface area (Å²) in [5.41, 5.74) is 7.77. The normalized spacial score (nSPS) is 15.5. The lowest BCUT2D eigenvalue weighted by Crippen LogP contribution is -2.31. The highest BCUT2D eigenvalue weighted by atomic mass is 19.4. The SMILES string of the molecule is CNC(=O)c1ccc(-c2cc(O[C@H](C)C(F)(F)F)c3c(N)n[nH]c3c2)cc1OCCOC1CCCCC1. The summed E-state index contributed by atoms with van der Waals surface area (Å²) < 4.78 is 56.8. The molecule has 1 aromatic heterocycles. The Morgan fingerprint density at radius 3 is 2.57 bits per heavy atom. The maximum Gasteiger partial charge on any atom is 0.425 e. The summed E-state index contributed by atoms with van der Waals surface area (Å²) in [5.74, 6) is -0.0146. The van der Waals surface area contributed by atoms with Crippen LogP contribution in [0.15, 0.2) is 30.3 Å². The molecule has 8 nitrogen and oxygen atoms in total. The van der Waals surface area contributed by atoms with E-state index in [2.05, 4.69) is 15.5 Å². The predicted molar refractivity (Wildman–Crippen MR) is 134 cm³/mol. The van der Waals surface area contributed by atoms with E-state index in [0.29, 0.717) is 34.6 Å². The van der Waals surface area contributed by atoms with Crippen molar-refractivity contribution in [3.05, 3.63) is 35.9 Å². The Kier molecular flexibility index (Phi) is 8.11. The lowest BCUT2D eigenvalue weighted by Gasteiger charge is -2.22. The first-order chi connectivity index (χ1) is 17.7. The molecular weight excluding hydrogens is 489 g/mol. The van der Waals surface area contributed by atoms with Crippen LogP contribution in [0.25, 0.3) is 22.0 Å². The van der Waals surface area contributed by atoms with E-state index in [1.165, 1.54) is 19.5 Å². The van der Waals surface area contributed by atoms with Gasteiger partial charge in [-0.25, -0.2) is 0 Å². The van der Waals surface area contributed by atoms with Gasteiger partial charge in [0.05, 0.1) is 29.2 Å². The van der Waals surface area contributed by atoms with E-state index in [0.717, 1.165) is 32.6 Å². The van der Waals surface area contributed by atoms with Crippen molar-refractivity contribution < 1.29 is 32.2 Å². The molecule has 1 fully saturated rings. The first-order valence-electron chi connectivity index (χ1n) is 12.3. The summed E-state index contributed by atoms with van der Waals surface area (Å²) in [6.45, 7) is 1.56. The van der Waals surface area contributed by atoms with Crippen LogP contribution in [0.5, 0.6) is 11.5 Å². The number of alkyl halides is 3. The molecule has 0 unspecified atom stereocenters. The number of hydrogen-bond acceptors (Lipinski definition) is 6. The van der Waals surface area contributed by atoms with Gasteiger partial charge in [0.1, 0.15) is 18.1 Å². The number of hydrogen-bond donors (Lipinski definition) is 3. The fraction of sp³-hybridized carbons (Fsp3) is 0.462. The molecule has 1 atom stereocenters. The van der Waals surface area contributed by atoms with Crippen LogP contribution >= 0.6 is 0 Å². The van der Waals surface area contributed by atoms with Crippen molar-refractivity contribution in [2.75, 3.05) is 26.0 Å². The van der Waals surface area contributed by atoms with Gasteiger partial charge in [0.2, 0.25) is 0 Å². The molecule has 0 spiro atoms. The lowest BCUT2D eigenvalue weighted by atomic mass is 9.98. The number of H-pyrrole nitrogens is 1. The Bertz CT molecular complexity index is 1240. The number of nitrogens with two attached hydrogens (primary N) is 1. The summed E-state index contributed by atoms with van der Waals surface area (Å²) in [5, 5.41) is 9.50. The van der Waals surface area contributed by atoms with E-state index in [9.17, 15) is 18.0 Å². The van der Waals surface area contributed by atoms with Gasteiger partial charge in [-0.3, -0.25) is 9.89 Å². The predicted octanol–water partition coefficient (Wildman–Crippen LogP) is 5.23. The Balaban J connectivity index is 1.62. The van der Waals surface area contributed by atoms with Gasteiger partial charge in [0.25, 0.3) is 5.91 Å². The molecule has 37 heavy (non-hydrogen) atoms. The zero-order chi connectivity index (χ0) is 26.6. The highest BCUT2D eigenvalue weighted by Crippen LogP contribution is 2.38. The van der Waals surface area contributed by atoms with E-state index in [4.69, 9.17) is 19.9 Å². The molecule has 3 aromatic rings. The number of aromatic nitrogens is 2. The van der Waals surface area contributed by atoms with Gasteiger partial charge in [-0.15, -0.1) is 0 Å². The standard InChI is InChI=1S/C26H31F3N4O4/c1-15(26(27,28)29)37-22-14-17(12-20-23(22)24(30)33-32-20)16-8-9-19(25(34)31-2)21(13-16)36-11-10-35-18-6-4-3-5-7-18/h8-9,12-15,18H,3-7,10-11H2,1-2H3,(H,31,34)(H3,30,32,33)/t15-/m1/s1. The molecule has 0 saturated heterocycles. The zero-order valence-electron chi connectivity index (χ0n) is 20.8. The fourth-order valence-electron chi connectivity index (χ4n) is 4.40. The smallest absolute Gasteiger partial charge is 0.425 e. The van der Waals surface area contributed by atoms with E-state index < -0.39 is 12.3 Å². The van der Waals surface area contributed by atoms with Crippen molar-refractivity contribution >= 4 is 22.6 Å². The number of nitrogen functional groups attached to an aromatic ring is 1. The van der Waals surface area contributed by atoms with Gasteiger partial charge < -0.3 is 25.3 Å². The van der Waals surface area contributed by atoms with Gasteiger partial charge in [-0.2, -0.15) is 18.3 Å². The Hall–Kier alpha value is -3.47. The highest BCUT2D eigenvalue weighted by molar-refractivity contribution is 5.99. The van der Waals surface area contributed by atoms with Crippen LogP contribution in [-0.4, -0.2) is 54.8 Å². The summed E-state index contributed by atoms with van der Waals surface area (Å²) in [7, 11) is 1.52. The number of nitrogens with one attached hydrogen (secondary N) is 2. The average molecular weight is 521 g/mol. The Labute approximate surface area is 212 Å². The van der Waals surface area contributed by atoms with Crippen molar-refractivity contribution in [3.63, 3.8) is 0 Å². The number of rotatable bonds is 9. The van der Waals surface area contributed by atoms with Gasteiger partial charge in [-0.05, 0) is 55.2 Å². The largest absolute Gasteiger partial charge is 0.490 e. The summed E-state index contributed by atoms with van der Waals surface area (Å²) >= 11 is 0. The third kappa shape index (κ3) is 6.27. The number of fused-ring (bicyclic) bond motifs is 1. The Morgan fingerprint density at radius 2 is 1.86 bits per heavy atom. The van der Waals surface area contributed by atoms with Crippen LogP contribution in [0, 0.1) is 0 Å². The molecule has 1 heterocycles.